The topological polar surface area (TPSA) is 71.1 Å². The van der Waals surface area contributed by atoms with Gasteiger partial charge in [0, 0.05) is 10.9 Å². The van der Waals surface area contributed by atoms with E-state index in [1.54, 1.807) is 24.3 Å². The van der Waals surface area contributed by atoms with Crippen molar-refractivity contribution in [2.45, 2.75) is 26.3 Å². The van der Waals surface area contributed by atoms with Crippen LogP contribution in [0.2, 0.25) is 0 Å². The average molecular weight is 317 g/mol. The monoisotopic (exact) mass is 317 g/mol. The standard InChI is InChI=1S/C16H19N3O2S/c1-11(2)13-10-22-15(19-13)9-17-14(20)8-18-16(21)12-6-4-3-5-7-12/h3-7,10-11H,8-9H2,1-2H3,(H,17,20)(H,18,21). The number of nitrogens with zero attached hydrogens (tertiary/aromatic N) is 1. The number of hydrogen-bond donors (Lipinski definition) is 2. The van der Waals surface area contributed by atoms with Crippen LogP contribution in [0.25, 0.3) is 0 Å². The van der Waals surface area contributed by atoms with Crippen LogP contribution in [0.3, 0.4) is 0 Å². The molecule has 1 aromatic carbocycles. The predicted molar refractivity (Wildman–Crippen MR) is 86.8 cm³/mol. The molecule has 0 bridgehead atoms. The smallest absolute Gasteiger partial charge is 0.251 e. The number of carbonyl (C=O) groups is 2. The second-order valence-corrected chi connectivity index (χ2v) is 6.09. The predicted octanol–water partition coefficient (Wildman–Crippen LogP) is 2.31. The van der Waals surface area contributed by atoms with Gasteiger partial charge in [0.15, 0.2) is 0 Å². The second-order valence-electron chi connectivity index (χ2n) is 5.15. The third-order valence-electron chi connectivity index (χ3n) is 3.04. The molecule has 22 heavy (non-hydrogen) atoms. The highest BCUT2D eigenvalue weighted by Crippen LogP contribution is 2.17. The molecule has 0 aliphatic carbocycles. The van der Waals surface area contributed by atoms with Crippen LogP contribution in [0.5, 0.6) is 0 Å². The molecular weight excluding hydrogens is 298 g/mol. The molecule has 6 heteroatoms. The van der Waals surface area contributed by atoms with E-state index in [0.717, 1.165) is 10.7 Å². The quantitative estimate of drug-likeness (QED) is 0.859. The average Bonchev–Trinajstić information content (AvgIpc) is 3.00. The lowest BCUT2D eigenvalue weighted by Crippen LogP contribution is -2.36. The van der Waals surface area contributed by atoms with Crippen LogP contribution in [-0.4, -0.2) is 23.3 Å². The van der Waals surface area contributed by atoms with E-state index in [1.165, 1.54) is 11.3 Å². The maximum absolute atomic E-state index is 11.8. The summed E-state index contributed by atoms with van der Waals surface area (Å²) in [7, 11) is 0. The summed E-state index contributed by atoms with van der Waals surface area (Å²) >= 11 is 1.53. The van der Waals surface area contributed by atoms with Gasteiger partial charge >= 0.3 is 0 Å². The number of nitrogens with one attached hydrogen (secondary N) is 2. The van der Waals surface area contributed by atoms with E-state index in [2.05, 4.69) is 29.5 Å². The van der Waals surface area contributed by atoms with Crippen molar-refractivity contribution in [2.24, 2.45) is 0 Å². The first-order valence-corrected chi connectivity index (χ1v) is 7.98. The van der Waals surface area contributed by atoms with Gasteiger partial charge in [-0.1, -0.05) is 32.0 Å². The van der Waals surface area contributed by atoms with Gasteiger partial charge in [0.25, 0.3) is 5.91 Å². The van der Waals surface area contributed by atoms with Gasteiger partial charge in [0.1, 0.15) is 5.01 Å². The van der Waals surface area contributed by atoms with Gasteiger partial charge < -0.3 is 10.6 Å². The summed E-state index contributed by atoms with van der Waals surface area (Å²) in [4.78, 5) is 28.0. The Bertz CT molecular complexity index is 638. The van der Waals surface area contributed by atoms with Crippen molar-refractivity contribution in [3.63, 3.8) is 0 Å². The summed E-state index contributed by atoms with van der Waals surface area (Å²) in [5, 5.41) is 8.21. The van der Waals surface area contributed by atoms with Crippen LogP contribution >= 0.6 is 11.3 Å². The van der Waals surface area contributed by atoms with Crippen molar-refractivity contribution in [1.82, 2.24) is 15.6 Å². The van der Waals surface area contributed by atoms with E-state index in [-0.39, 0.29) is 18.4 Å². The third kappa shape index (κ3) is 4.66. The SMILES string of the molecule is CC(C)c1csc(CNC(=O)CNC(=O)c2ccccc2)n1. The van der Waals surface area contributed by atoms with E-state index in [0.29, 0.717) is 18.0 Å². The van der Waals surface area contributed by atoms with Crippen molar-refractivity contribution < 1.29 is 9.59 Å². The molecule has 0 saturated heterocycles. The Hall–Kier alpha value is -2.21. The first kappa shape index (κ1) is 16.2. The fourth-order valence-electron chi connectivity index (χ4n) is 1.76. The molecule has 116 valence electrons. The highest BCUT2D eigenvalue weighted by molar-refractivity contribution is 7.09. The largest absolute Gasteiger partial charge is 0.348 e. The van der Waals surface area contributed by atoms with E-state index in [1.807, 2.05) is 11.4 Å². The van der Waals surface area contributed by atoms with Crippen LogP contribution in [0.4, 0.5) is 0 Å². The highest BCUT2D eigenvalue weighted by Gasteiger charge is 2.09. The number of carbonyl (C=O) groups excluding carboxylic acids is 2. The van der Waals surface area contributed by atoms with Crippen LogP contribution in [0, 0.1) is 0 Å². The molecule has 0 spiro atoms. The number of aromatic nitrogens is 1. The first-order chi connectivity index (χ1) is 10.6. The van der Waals surface area contributed by atoms with E-state index in [4.69, 9.17) is 0 Å². The second kappa shape index (κ2) is 7.70. The molecular formula is C16H19N3O2S. The molecule has 1 heterocycles. The van der Waals surface area contributed by atoms with Gasteiger partial charge in [-0.05, 0) is 18.1 Å². The number of rotatable bonds is 6. The van der Waals surface area contributed by atoms with Crippen LogP contribution in [0.15, 0.2) is 35.7 Å². The maximum Gasteiger partial charge on any atom is 0.251 e. The first-order valence-electron chi connectivity index (χ1n) is 7.10. The summed E-state index contributed by atoms with van der Waals surface area (Å²) in [6, 6.07) is 8.81. The summed E-state index contributed by atoms with van der Waals surface area (Å²) in [6.45, 7) is 4.50. The Morgan fingerprint density at radius 1 is 1.18 bits per heavy atom. The van der Waals surface area contributed by atoms with E-state index < -0.39 is 0 Å². The molecule has 5 nitrogen and oxygen atoms in total. The summed E-state index contributed by atoms with van der Waals surface area (Å²) < 4.78 is 0. The molecule has 0 atom stereocenters. The summed E-state index contributed by atoms with van der Waals surface area (Å²) in [6.07, 6.45) is 0. The fourth-order valence-corrected chi connectivity index (χ4v) is 2.66. The molecule has 0 aliphatic rings. The zero-order valence-corrected chi connectivity index (χ0v) is 13.4. The molecule has 2 rings (SSSR count). The summed E-state index contributed by atoms with van der Waals surface area (Å²) in [5.74, 6) is -0.108. The van der Waals surface area contributed by atoms with Crippen LogP contribution in [-0.2, 0) is 11.3 Å². The van der Waals surface area contributed by atoms with Crippen molar-refractivity contribution in [1.29, 1.82) is 0 Å². The molecule has 2 aromatic rings. The Balaban J connectivity index is 1.75. The van der Waals surface area contributed by atoms with Gasteiger partial charge in [-0.25, -0.2) is 4.98 Å². The number of amides is 2. The molecule has 2 amide bonds. The van der Waals surface area contributed by atoms with Gasteiger partial charge in [0.2, 0.25) is 5.91 Å². The zero-order valence-electron chi connectivity index (χ0n) is 12.6. The lowest BCUT2D eigenvalue weighted by atomic mass is 10.2. The normalized spacial score (nSPS) is 10.5. The van der Waals surface area contributed by atoms with E-state index in [9.17, 15) is 9.59 Å². The molecule has 0 unspecified atom stereocenters. The van der Waals surface area contributed by atoms with Gasteiger partial charge in [-0.15, -0.1) is 11.3 Å². The van der Waals surface area contributed by atoms with Gasteiger partial charge in [-0.2, -0.15) is 0 Å². The van der Waals surface area contributed by atoms with Crippen molar-refractivity contribution in [3.8, 4) is 0 Å². The van der Waals surface area contributed by atoms with Crippen LogP contribution in [0.1, 0.15) is 40.8 Å². The zero-order chi connectivity index (χ0) is 15.9. The molecule has 0 fully saturated rings. The highest BCUT2D eigenvalue weighted by atomic mass is 32.1. The number of hydrogen-bond acceptors (Lipinski definition) is 4. The molecule has 0 aliphatic heterocycles. The minimum atomic E-state index is -0.257. The number of thiazole rings is 1. The Kier molecular flexibility index (Phi) is 5.66. The molecule has 0 radical (unpaired) electrons. The molecule has 2 N–H and O–H groups in total. The lowest BCUT2D eigenvalue weighted by molar-refractivity contribution is -0.120. The van der Waals surface area contributed by atoms with Crippen molar-refractivity contribution >= 4 is 23.2 Å². The minimum Gasteiger partial charge on any atom is -0.348 e. The Labute approximate surface area is 133 Å². The lowest BCUT2D eigenvalue weighted by Gasteiger charge is -2.06. The summed E-state index contributed by atoms with van der Waals surface area (Å²) in [5.41, 5.74) is 1.57. The minimum absolute atomic E-state index is 0.0455. The van der Waals surface area contributed by atoms with Gasteiger partial charge in [0.05, 0.1) is 18.8 Å². The number of benzene rings is 1. The Morgan fingerprint density at radius 2 is 1.91 bits per heavy atom. The fraction of sp³-hybridized carbons (Fsp3) is 0.312. The van der Waals surface area contributed by atoms with Crippen molar-refractivity contribution in [3.05, 3.63) is 52.0 Å². The van der Waals surface area contributed by atoms with Gasteiger partial charge in [-0.3, -0.25) is 9.59 Å². The maximum atomic E-state index is 11.8. The van der Waals surface area contributed by atoms with Crippen LogP contribution < -0.4 is 10.6 Å². The molecule has 0 saturated carbocycles. The third-order valence-corrected chi connectivity index (χ3v) is 3.91. The van der Waals surface area contributed by atoms with Crippen molar-refractivity contribution in [2.75, 3.05) is 6.54 Å². The molecule has 1 aromatic heterocycles. The van der Waals surface area contributed by atoms with E-state index >= 15 is 0 Å². The Morgan fingerprint density at radius 3 is 2.55 bits per heavy atom.